The number of pyridine rings is 1. The van der Waals surface area contributed by atoms with E-state index in [1.54, 1.807) is 27.5 Å². The number of nitrogens with zero attached hydrogens (tertiary/aromatic N) is 1. The minimum absolute atomic E-state index is 0.622. The highest BCUT2D eigenvalue weighted by atomic mass is 16.5. The molecule has 1 N–H and O–H groups in total. The molecule has 0 aliphatic rings. The maximum absolute atomic E-state index is 5.47. The summed E-state index contributed by atoms with van der Waals surface area (Å²) in [5.74, 6) is 1.99. The summed E-state index contributed by atoms with van der Waals surface area (Å²) in [6.07, 6.45) is 4.60. The molecule has 0 fully saturated rings. The van der Waals surface area contributed by atoms with Crippen LogP contribution in [0.1, 0.15) is 11.1 Å². The van der Waals surface area contributed by atoms with Gasteiger partial charge in [0.1, 0.15) is 0 Å². The van der Waals surface area contributed by atoms with E-state index in [1.165, 1.54) is 5.56 Å². The first-order valence-corrected chi connectivity index (χ1v) is 7.17. The topological polar surface area (TPSA) is 52.6 Å². The molecule has 0 aliphatic carbocycles. The maximum Gasteiger partial charge on any atom is 0.203 e. The van der Waals surface area contributed by atoms with Crippen LogP contribution in [0.15, 0.2) is 36.7 Å². The van der Waals surface area contributed by atoms with Crippen LogP contribution in [0, 0.1) is 0 Å². The average molecular weight is 302 g/mol. The van der Waals surface area contributed by atoms with Gasteiger partial charge in [0.2, 0.25) is 5.75 Å². The van der Waals surface area contributed by atoms with E-state index >= 15 is 0 Å². The van der Waals surface area contributed by atoms with Crippen molar-refractivity contribution in [2.45, 2.75) is 13.0 Å². The van der Waals surface area contributed by atoms with Gasteiger partial charge in [-0.1, -0.05) is 12.1 Å². The van der Waals surface area contributed by atoms with E-state index in [4.69, 9.17) is 14.2 Å². The van der Waals surface area contributed by atoms with Crippen LogP contribution in [0.3, 0.4) is 0 Å². The number of ether oxygens (including phenoxy) is 3. The number of rotatable bonds is 8. The third kappa shape index (κ3) is 3.89. The van der Waals surface area contributed by atoms with Crippen molar-refractivity contribution in [3.63, 3.8) is 0 Å². The second-order valence-electron chi connectivity index (χ2n) is 4.78. The van der Waals surface area contributed by atoms with Crippen LogP contribution in [0.5, 0.6) is 17.2 Å². The van der Waals surface area contributed by atoms with Gasteiger partial charge in [0.25, 0.3) is 0 Å². The van der Waals surface area contributed by atoms with E-state index in [1.807, 2.05) is 24.4 Å². The van der Waals surface area contributed by atoms with E-state index < -0.39 is 0 Å². The van der Waals surface area contributed by atoms with Crippen molar-refractivity contribution in [2.75, 3.05) is 27.9 Å². The zero-order valence-corrected chi connectivity index (χ0v) is 13.3. The van der Waals surface area contributed by atoms with Gasteiger partial charge in [0.15, 0.2) is 11.5 Å². The normalized spacial score (nSPS) is 10.3. The van der Waals surface area contributed by atoms with Crippen molar-refractivity contribution < 1.29 is 14.2 Å². The lowest BCUT2D eigenvalue weighted by atomic mass is 10.1. The predicted octanol–water partition coefficient (Wildman–Crippen LogP) is 2.44. The van der Waals surface area contributed by atoms with Gasteiger partial charge >= 0.3 is 0 Å². The first-order valence-electron chi connectivity index (χ1n) is 7.17. The SMILES string of the molecule is COc1ccc(CNCCc2cccnc2)c(OC)c1OC. The third-order valence-electron chi connectivity index (χ3n) is 3.41. The molecule has 0 unspecified atom stereocenters. The lowest BCUT2D eigenvalue weighted by molar-refractivity contribution is 0.321. The molecule has 0 saturated heterocycles. The number of nitrogens with one attached hydrogen (secondary N) is 1. The number of aromatic nitrogens is 1. The molecule has 2 aromatic rings. The predicted molar refractivity (Wildman–Crippen MR) is 85.7 cm³/mol. The van der Waals surface area contributed by atoms with Gasteiger partial charge in [-0.25, -0.2) is 0 Å². The van der Waals surface area contributed by atoms with Gasteiger partial charge in [-0.15, -0.1) is 0 Å². The molecule has 0 spiro atoms. The van der Waals surface area contributed by atoms with Crippen LogP contribution in [0.2, 0.25) is 0 Å². The highest BCUT2D eigenvalue weighted by Crippen LogP contribution is 2.39. The van der Waals surface area contributed by atoms with E-state index in [0.717, 1.165) is 18.5 Å². The van der Waals surface area contributed by atoms with Crippen LogP contribution < -0.4 is 19.5 Å². The van der Waals surface area contributed by atoms with Gasteiger partial charge < -0.3 is 19.5 Å². The maximum atomic E-state index is 5.47. The molecule has 0 bridgehead atoms. The van der Waals surface area contributed by atoms with Crippen molar-refractivity contribution in [1.29, 1.82) is 0 Å². The van der Waals surface area contributed by atoms with E-state index in [0.29, 0.717) is 23.8 Å². The second-order valence-corrected chi connectivity index (χ2v) is 4.78. The van der Waals surface area contributed by atoms with E-state index in [9.17, 15) is 0 Å². The van der Waals surface area contributed by atoms with Crippen molar-refractivity contribution >= 4 is 0 Å². The van der Waals surface area contributed by atoms with Gasteiger partial charge in [-0.05, 0) is 30.7 Å². The first-order chi connectivity index (χ1) is 10.8. The molecule has 0 aliphatic heterocycles. The molecule has 0 saturated carbocycles. The molecule has 0 amide bonds. The summed E-state index contributed by atoms with van der Waals surface area (Å²) in [5, 5.41) is 3.41. The number of hydrogen-bond acceptors (Lipinski definition) is 5. The summed E-state index contributed by atoms with van der Waals surface area (Å²) < 4.78 is 16.1. The summed E-state index contributed by atoms with van der Waals surface area (Å²) in [5.41, 5.74) is 2.25. The fourth-order valence-corrected chi connectivity index (χ4v) is 2.30. The fourth-order valence-electron chi connectivity index (χ4n) is 2.30. The van der Waals surface area contributed by atoms with Crippen LogP contribution in [0.4, 0.5) is 0 Å². The molecule has 1 aromatic heterocycles. The van der Waals surface area contributed by atoms with Gasteiger partial charge in [-0.2, -0.15) is 0 Å². The van der Waals surface area contributed by atoms with Crippen LogP contribution in [-0.2, 0) is 13.0 Å². The molecule has 5 heteroatoms. The van der Waals surface area contributed by atoms with Crippen molar-refractivity contribution in [3.05, 3.63) is 47.8 Å². The molecular formula is C17H22N2O3. The minimum Gasteiger partial charge on any atom is -0.493 e. The highest BCUT2D eigenvalue weighted by Gasteiger charge is 2.15. The standard InChI is InChI=1S/C17H22N2O3/c1-20-15-7-6-14(16(21-2)17(15)22-3)12-19-10-8-13-5-4-9-18-11-13/h4-7,9,11,19H,8,10,12H2,1-3H3. The lowest BCUT2D eigenvalue weighted by Crippen LogP contribution is -2.17. The van der Waals surface area contributed by atoms with Crippen LogP contribution in [-0.4, -0.2) is 32.9 Å². The van der Waals surface area contributed by atoms with E-state index in [2.05, 4.69) is 16.4 Å². The molecule has 0 atom stereocenters. The van der Waals surface area contributed by atoms with Gasteiger partial charge in [0, 0.05) is 24.5 Å². The summed E-state index contributed by atoms with van der Waals surface area (Å²) in [4.78, 5) is 4.11. The van der Waals surface area contributed by atoms with E-state index in [-0.39, 0.29) is 0 Å². The van der Waals surface area contributed by atoms with Crippen molar-refractivity contribution in [3.8, 4) is 17.2 Å². The summed E-state index contributed by atoms with van der Waals surface area (Å²) >= 11 is 0. The largest absolute Gasteiger partial charge is 0.493 e. The second kappa shape index (κ2) is 8.24. The molecule has 2 rings (SSSR count). The zero-order chi connectivity index (χ0) is 15.8. The monoisotopic (exact) mass is 302 g/mol. The van der Waals surface area contributed by atoms with Crippen LogP contribution >= 0.6 is 0 Å². The minimum atomic E-state index is 0.622. The summed E-state index contributed by atoms with van der Waals surface area (Å²) in [6, 6.07) is 7.90. The fraction of sp³-hybridized carbons (Fsp3) is 0.353. The van der Waals surface area contributed by atoms with Crippen molar-refractivity contribution in [2.24, 2.45) is 0 Å². The number of benzene rings is 1. The Hall–Kier alpha value is -2.27. The molecule has 1 heterocycles. The number of methoxy groups -OCH3 is 3. The van der Waals surface area contributed by atoms with Crippen molar-refractivity contribution in [1.82, 2.24) is 10.3 Å². The molecule has 22 heavy (non-hydrogen) atoms. The Morgan fingerprint density at radius 1 is 1.00 bits per heavy atom. The zero-order valence-electron chi connectivity index (χ0n) is 13.3. The third-order valence-corrected chi connectivity index (χ3v) is 3.41. The summed E-state index contributed by atoms with van der Waals surface area (Å²) in [6.45, 7) is 1.56. The molecule has 5 nitrogen and oxygen atoms in total. The van der Waals surface area contributed by atoms with Crippen LogP contribution in [0.25, 0.3) is 0 Å². The molecule has 118 valence electrons. The Bertz CT molecular complexity index is 588. The first kappa shape index (κ1) is 16.1. The highest BCUT2D eigenvalue weighted by molar-refractivity contribution is 5.55. The molecular weight excluding hydrogens is 280 g/mol. The Morgan fingerprint density at radius 2 is 1.82 bits per heavy atom. The molecule has 1 aromatic carbocycles. The average Bonchev–Trinajstić information content (AvgIpc) is 2.58. The smallest absolute Gasteiger partial charge is 0.203 e. The number of hydrogen-bond donors (Lipinski definition) is 1. The van der Waals surface area contributed by atoms with Gasteiger partial charge in [0.05, 0.1) is 21.3 Å². The molecule has 0 radical (unpaired) electrons. The Morgan fingerprint density at radius 3 is 2.45 bits per heavy atom. The summed E-state index contributed by atoms with van der Waals surface area (Å²) in [7, 11) is 4.86. The Labute approximate surface area is 131 Å². The Kier molecular flexibility index (Phi) is 6.03. The lowest BCUT2D eigenvalue weighted by Gasteiger charge is -2.16. The Balaban J connectivity index is 1.97. The quantitative estimate of drug-likeness (QED) is 0.759. The van der Waals surface area contributed by atoms with Gasteiger partial charge in [-0.3, -0.25) is 4.98 Å².